The molecule has 2 saturated heterocycles. The van der Waals surface area contributed by atoms with Crippen molar-refractivity contribution < 1.29 is 22.7 Å². The van der Waals surface area contributed by atoms with Crippen molar-refractivity contribution in [1.29, 1.82) is 0 Å². The molecule has 9 heteroatoms. The van der Waals surface area contributed by atoms with Crippen LogP contribution in [0, 0.1) is 13.8 Å². The fourth-order valence-corrected chi connectivity index (χ4v) is 4.89. The zero-order valence-electron chi connectivity index (χ0n) is 18.5. The second-order valence-corrected chi connectivity index (χ2v) is 8.62. The molecule has 1 amide bonds. The summed E-state index contributed by atoms with van der Waals surface area (Å²) in [5, 5.41) is 4.45. The number of likely N-dealkylation sites (tertiary alicyclic amines) is 2. The largest absolute Gasteiger partial charge is 0.573 e. The van der Waals surface area contributed by atoms with E-state index < -0.39 is 6.36 Å². The molecular weight excluding hydrogens is 421 g/mol. The van der Waals surface area contributed by atoms with E-state index in [4.69, 9.17) is 0 Å². The van der Waals surface area contributed by atoms with Crippen molar-refractivity contribution in [1.82, 2.24) is 19.6 Å². The first kappa shape index (κ1) is 22.6. The van der Waals surface area contributed by atoms with Crippen molar-refractivity contribution in [3.05, 3.63) is 41.2 Å². The van der Waals surface area contributed by atoms with Crippen molar-refractivity contribution in [3.63, 3.8) is 0 Å². The molecule has 2 aliphatic rings. The molecule has 2 aromatic rings. The predicted molar refractivity (Wildman–Crippen MR) is 114 cm³/mol. The maximum Gasteiger partial charge on any atom is 0.573 e. The zero-order chi connectivity index (χ0) is 22.9. The van der Waals surface area contributed by atoms with E-state index in [9.17, 15) is 18.0 Å². The van der Waals surface area contributed by atoms with Gasteiger partial charge in [-0.15, -0.1) is 13.2 Å². The second-order valence-electron chi connectivity index (χ2n) is 8.62. The number of halogens is 3. The number of benzene rings is 1. The summed E-state index contributed by atoms with van der Waals surface area (Å²) < 4.78 is 43.3. The number of carbonyl (C=O) groups is 1. The van der Waals surface area contributed by atoms with Gasteiger partial charge in [-0.2, -0.15) is 5.10 Å². The lowest BCUT2D eigenvalue weighted by atomic mass is 9.99. The molecule has 0 saturated carbocycles. The van der Waals surface area contributed by atoms with E-state index in [-0.39, 0.29) is 11.7 Å². The molecule has 3 heterocycles. The van der Waals surface area contributed by atoms with E-state index in [0.29, 0.717) is 41.8 Å². The van der Waals surface area contributed by atoms with Gasteiger partial charge < -0.3 is 14.5 Å². The molecule has 1 aromatic heterocycles. The van der Waals surface area contributed by atoms with Crippen LogP contribution in [0.5, 0.6) is 5.75 Å². The van der Waals surface area contributed by atoms with Gasteiger partial charge in [0, 0.05) is 25.2 Å². The van der Waals surface area contributed by atoms with Crippen LogP contribution in [0.4, 0.5) is 13.2 Å². The van der Waals surface area contributed by atoms with Gasteiger partial charge in [0.15, 0.2) is 0 Å². The first-order valence-electron chi connectivity index (χ1n) is 11.2. The van der Waals surface area contributed by atoms with Gasteiger partial charge in [0.2, 0.25) is 0 Å². The minimum atomic E-state index is -4.77. The van der Waals surface area contributed by atoms with Crippen LogP contribution in [0.25, 0.3) is 5.69 Å². The SMILES string of the molecule is Cc1nn(-c2cccc(OC(F)(F)F)c2)c(C)c1C(=O)N1CCC(N2CCCCC2)CC1. The lowest BCUT2D eigenvalue weighted by Gasteiger charge is -2.40. The Morgan fingerprint density at radius 2 is 1.75 bits per heavy atom. The summed E-state index contributed by atoms with van der Waals surface area (Å²) in [5.74, 6) is -0.388. The number of amides is 1. The van der Waals surface area contributed by atoms with Gasteiger partial charge in [-0.05, 0) is 64.8 Å². The molecular formula is C23H29F3N4O2. The average molecular weight is 451 g/mol. The number of ether oxygens (including phenoxy) is 1. The van der Waals surface area contributed by atoms with Gasteiger partial charge in [0.1, 0.15) is 5.75 Å². The number of alkyl halides is 3. The molecule has 32 heavy (non-hydrogen) atoms. The van der Waals surface area contributed by atoms with E-state index >= 15 is 0 Å². The van der Waals surface area contributed by atoms with Gasteiger partial charge in [-0.25, -0.2) is 4.68 Å². The van der Waals surface area contributed by atoms with Crippen LogP contribution in [-0.2, 0) is 0 Å². The number of carbonyl (C=O) groups excluding carboxylic acids is 1. The summed E-state index contributed by atoms with van der Waals surface area (Å²) in [6.45, 7) is 7.25. The summed E-state index contributed by atoms with van der Waals surface area (Å²) in [6, 6.07) is 6.16. The van der Waals surface area contributed by atoms with Crippen LogP contribution in [0.2, 0.25) is 0 Å². The number of nitrogens with zero attached hydrogens (tertiary/aromatic N) is 4. The topological polar surface area (TPSA) is 50.6 Å². The van der Waals surface area contributed by atoms with Crippen molar-refractivity contribution in [2.45, 2.75) is 58.4 Å². The van der Waals surface area contributed by atoms with Gasteiger partial charge in [0.25, 0.3) is 5.91 Å². The number of piperidine rings is 2. The maximum absolute atomic E-state index is 13.3. The highest BCUT2D eigenvalue weighted by Crippen LogP contribution is 2.27. The Morgan fingerprint density at radius 3 is 2.41 bits per heavy atom. The summed E-state index contributed by atoms with van der Waals surface area (Å²) in [6.07, 6.45) is 0.984. The van der Waals surface area contributed by atoms with Crippen LogP contribution >= 0.6 is 0 Å². The fourth-order valence-electron chi connectivity index (χ4n) is 4.89. The summed E-state index contributed by atoms with van der Waals surface area (Å²) in [5.41, 5.74) is 2.10. The minimum Gasteiger partial charge on any atom is -0.406 e. The molecule has 0 N–H and O–H groups in total. The second kappa shape index (κ2) is 9.13. The van der Waals surface area contributed by atoms with Crippen molar-refractivity contribution in [3.8, 4) is 11.4 Å². The highest BCUT2D eigenvalue weighted by molar-refractivity contribution is 5.96. The fraction of sp³-hybridized carbons (Fsp3) is 0.565. The van der Waals surface area contributed by atoms with E-state index in [0.717, 1.165) is 25.9 Å². The molecule has 0 spiro atoms. The smallest absolute Gasteiger partial charge is 0.406 e. The van der Waals surface area contributed by atoms with Crippen LogP contribution in [-0.4, -0.2) is 64.1 Å². The van der Waals surface area contributed by atoms with E-state index in [1.807, 2.05) is 4.90 Å². The highest BCUT2D eigenvalue weighted by atomic mass is 19.4. The Morgan fingerprint density at radius 1 is 1.06 bits per heavy atom. The molecule has 0 unspecified atom stereocenters. The van der Waals surface area contributed by atoms with Crippen LogP contribution in [0.15, 0.2) is 24.3 Å². The summed E-state index contributed by atoms with van der Waals surface area (Å²) >= 11 is 0. The van der Waals surface area contributed by atoms with Gasteiger partial charge in [-0.3, -0.25) is 4.79 Å². The van der Waals surface area contributed by atoms with Gasteiger partial charge in [0.05, 0.1) is 22.6 Å². The Hall–Kier alpha value is -2.55. The van der Waals surface area contributed by atoms with E-state index in [2.05, 4.69) is 14.7 Å². The van der Waals surface area contributed by atoms with E-state index in [1.54, 1.807) is 19.9 Å². The third-order valence-electron chi connectivity index (χ3n) is 6.46. The molecule has 0 atom stereocenters. The summed E-state index contributed by atoms with van der Waals surface area (Å²) in [7, 11) is 0. The third kappa shape index (κ3) is 4.92. The Labute approximate surface area is 185 Å². The van der Waals surface area contributed by atoms with Crippen molar-refractivity contribution in [2.24, 2.45) is 0 Å². The van der Waals surface area contributed by atoms with Crippen LogP contribution in [0.3, 0.4) is 0 Å². The number of hydrogen-bond acceptors (Lipinski definition) is 4. The number of rotatable bonds is 4. The third-order valence-corrected chi connectivity index (χ3v) is 6.46. The number of hydrogen-bond donors (Lipinski definition) is 0. The Balaban J connectivity index is 1.48. The number of aromatic nitrogens is 2. The minimum absolute atomic E-state index is 0.0639. The maximum atomic E-state index is 13.3. The van der Waals surface area contributed by atoms with Crippen molar-refractivity contribution >= 4 is 5.91 Å². The van der Waals surface area contributed by atoms with Crippen LogP contribution < -0.4 is 4.74 Å². The molecule has 2 fully saturated rings. The molecule has 4 rings (SSSR count). The molecule has 6 nitrogen and oxygen atoms in total. The Bertz CT molecular complexity index is 959. The molecule has 0 aliphatic carbocycles. The lowest BCUT2D eigenvalue weighted by molar-refractivity contribution is -0.274. The van der Waals surface area contributed by atoms with Gasteiger partial charge >= 0.3 is 6.36 Å². The first-order chi connectivity index (χ1) is 15.2. The predicted octanol–water partition coefficient (Wildman–Crippen LogP) is 4.48. The lowest BCUT2D eigenvalue weighted by Crippen LogP contribution is -2.48. The summed E-state index contributed by atoms with van der Waals surface area (Å²) in [4.78, 5) is 17.8. The molecule has 0 bridgehead atoms. The zero-order valence-corrected chi connectivity index (χ0v) is 18.5. The normalized spacial score (nSPS) is 18.7. The quantitative estimate of drug-likeness (QED) is 0.689. The van der Waals surface area contributed by atoms with Crippen LogP contribution in [0.1, 0.15) is 53.8 Å². The Kier molecular flexibility index (Phi) is 6.46. The number of aryl methyl sites for hydroxylation is 1. The monoisotopic (exact) mass is 450 g/mol. The first-order valence-corrected chi connectivity index (χ1v) is 11.2. The molecule has 174 valence electrons. The molecule has 0 radical (unpaired) electrons. The standard InChI is InChI=1S/C23H29F3N4O2/c1-16-21(22(31)29-13-9-18(10-14-29)28-11-4-3-5-12-28)17(2)30(27-16)19-7-6-8-20(15-19)32-23(24,25)26/h6-8,15,18H,3-5,9-14H2,1-2H3. The molecule has 1 aromatic carbocycles. The van der Waals surface area contributed by atoms with Gasteiger partial charge in [-0.1, -0.05) is 12.5 Å². The van der Waals surface area contributed by atoms with E-state index in [1.165, 1.54) is 42.1 Å². The average Bonchev–Trinajstić information content (AvgIpc) is 3.07. The highest BCUT2D eigenvalue weighted by Gasteiger charge is 2.32. The molecule has 2 aliphatic heterocycles. The van der Waals surface area contributed by atoms with Crippen molar-refractivity contribution in [2.75, 3.05) is 26.2 Å².